The lowest BCUT2D eigenvalue weighted by Gasteiger charge is -2.27. The van der Waals surface area contributed by atoms with Crippen molar-refractivity contribution < 1.29 is 13.2 Å². The second-order valence-corrected chi connectivity index (χ2v) is 6.36. The number of nitrogens with two attached hydrogens (primary N) is 1. The first-order valence-corrected chi connectivity index (χ1v) is 7.36. The number of methoxy groups -OCH3 is 1. The van der Waals surface area contributed by atoms with Crippen molar-refractivity contribution in [3.05, 3.63) is 0 Å². The SMILES string of the molecule is COC(C)CS(=O)(=O)NC1CCC(N)CC1.Cl. The molecule has 17 heavy (non-hydrogen) atoms. The second kappa shape index (κ2) is 7.53. The van der Waals surface area contributed by atoms with Gasteiger partial charge in [0.15, 0.2) is 0 Å². The number of rotatable bonds is 5. The largest absolute Gasteiger partial charge is 0.381 e. The topological polar surface area (TPSA) is 81.4 Å². The third kappa shape index (κ3) is 6.57. The van der Waals surface area contributed by atoms with Gasteiger partial charge < -0.3 is 10.5 Å². The Hall–Kier alpha value is 0.120. The molecule has 1 saturated carbocycles. The minimum Gasteiger partial charge on any atom is -0.381 e. The molecule has 0 spiro atoms. The highest BCUT2D eigenvalue weighted by Gasteiger charge is 2.24. The van der Waals surface area contributed by atoms with E-state index in [2.05, 4.69) is 4.72 Å². The van der Waals surface area contributed by atoms with Crippen molar-refractivity contribution in [2.45, 2.75) is 50.8 Å². The molecular weight excluding hydrogens is 264 g/mol. The number of hydrogen-bond donors (Lipinski definition) is 2. The van der Waals surface area contributed by atoms with Crippen molar-refractivity contribution in [1.29, 1.82) is 0 Å². The molecule has 0 aromatic carbocycles. The summed E-state index contributed by atoms with van der Waals surface area (Å²) < 4.78 is 31.1. The van der Waals surface area contributed by atoms with Crippen LogP contribution in [0.4, 0.5) is 0 Å². The molecule has 0 bridgehead atoms. The zero-order valence-corrected chi connectivity index (χ0v) is 12.0. The third-order valence-electron chi connectivity index (χ3n) is 2.97. The van der Waals surface area contributed by atoms with Gasteiger partial charge in [0.05, 0.1) is 11.9 Å². The Morgan fingerprint density at radius 1 is 1.35 bits per heavy atom. The van der Waals surface area contributed by atoms with Crippen LogP contribution in [0.25, 0.3) is 0 Å². The number of halogens is 1. The standard InChI is InChI=1S/C10H22N2O3S.ClH/c1-8(15-2)7-16(13,14)12-10-5-3-9(11)4-6-10;/h8-10,12H,3-7,11H2,1-2H3;1H. The lowest BCUT2D eigenvalue weighted by atomic mass is 9.93. The summed E-state index contributed by atoms with van der Waals surface area (Å²) in [5.41, 5.74) is 5.77. The monoisotopic (exact) mass is 286 g/mol. The summed E-state index contributed by atoms with van der Waals surface area (Å²) in [4.78, 5) is 0. The molecular formula is C10H23ClN2O3S. The van der Waals surface area contributed by atoms with Gasteiger partial charge in [0.25, 0.3) is 0 Å². The van der Waals surface area contributed by atoms with Crippen LogP contribution >= 0.6 is 12.4 Å². The summed E-state index contributed by atoms with van der Waals surface area (Å²) in [6.45, 7) is 1.75. The summed E-state index contributed by atoms with van der Waals surface area (Å²) in [6, 6.07) is 0.285. The van der Waals surface area contributed by atoms with E-state index in [0.29, 0.717) is 0 Å². The lowest BCUT2D eigenvalue weighted by Crippen LogP contribution is -2.42. The molecule has 1 fully saturated rings. The van der Waals surface area contributed by atoms with Gasteiger partial charge in [0.2, 0.25) is 10.0 Å². The van der Waals surface area contributed by atoms with Crippen molar-refractivity contribution >= 4 is 22.4 Å². The van der Waals surface area contributed by atoms with Gasteiger partial charge in [-0.05, 0) is 32.6 Å². The fourth-order valence-electron chi connectivity index (χ4n) is 1.92. The van der Waals surface area contributed by atoms with Crippen LogP contribution in [0, 0.1) is 0 Å². The van der Waals surface area contributed by atoms with Gasteiger partial charge in [-0.25, -0.2) is 13.1 Å². The number of hydrogen-bond acceptors (Lipinski definition) is 4. The highest BCUT2D eigenvalue weighted by atomic mass is 35.5. The average molecular weight is 287 g/mol. The van der Waals surface area contributed by atoms with Crippen molar-refractivity contribution in [3.63, 3.8) is 0 Å². The number of sulfonamides is 1. The molecule has 0 radical (unpaired) electrons. The summed E-state index contributed by atoms with van der Waals surface area (Å²) in [5.74, 6) is 0.0199. The molecule has 5 nitrogen and oxygen atoms in total. The van der Waals surface area contributed by atoms with E-state index in [1.807, 2.05) is 0 Å². The van der Waals surface area contributed by atoms with Crippen LogP contribution in [0.3, 0.4) is 0 Å². The van der Waals surface area contributed by atoms with Gasteiger partial charge >= 0.3 is 0 Å². The van der Waals surface area contributed by atoms with Crippen LogP contribution < -0.4 is 10.5 Å². The molecule has 1 aliphatic carbocycles. The van der Waals surface area contributed by atoms with Crippen molar-refractivity contribution in [2.24, 2.45) is 5.73 Å². The first-order chi connectivity index (χ1) is 7.43. The average Bonchev–Trinajstić information content (AvgIpc) is 2.20. The van der Waals surface area contributed by atoms with Gasteiger partial charge in [-0.2, -0.15) is 0 Å². The summed E-state index contributed by atoms with van der Waals surface area (Å²) >= 11 is 0. The van der Waals surface area contributed by atoms with Gasteiger partial charge in [0.1, 0.15) is 0 Å². The predicted octanol–water partition coefficient (Wildman–Crippen LogP) is 0.632. The van der Waals surface area contributed by atoms with Crippen LogP contribution in [0.5, 0.6) is 0 Å². The molecule has 0 heterocycles. The molecule has 104 valence electrons. The zero-order valence-electron chi connectivity index (χ0n) is 10.4. The number of nitrogens with one attached hydrogen (secondary N) is 1. The van der Waals surface area contributed by atoms with Crippen LogP contribution in [-0.2, 0) is 14.8 Å². The molecule has 0 saturated heterocycles. The van der Waals surface area contributed by atoms with E-state index in [4.69, 9.17) is 10.5 Å². The maximum atomic E-state index is 11.7. The molecule has 0 aromatic rings. The molecule has 3 N–H and O–H groups in total. The molecule has 0 aliphatic heterocycles. The molecule has 1 atom stereocenters. The van der Waals surface area contributed by atoms with Crippen LogP contribution in [-0.4, -0.2) is 39.5 Å². The van der Waals surface area contributed by atoms with E-state index < -0.39 is 10.0 Å². The molecule has 0 amide bonds. The van der Waals surface area contributed by atoms with Crippen LogP contribution in [0.1, 0.15) is 32.6 Å². The quantitative estimate of drug-likeness (QED) is 0.777. The Kier molecular flexibility index (Phi) is 7.58. The lowest BCUT2D eigenvalue weighted by molar-refractivity contribution is 0.136. The van der Waals surface area contributed by atoms with Gasteiger partial charge in [0, 0.05) is 19.2 Å². The van der Waals surface area contributed by atoms with E-state index in [-0.39, 0.29) is 36.3 Å². The van der Waals surface area contributed by atoms with E-state index in [9.17, 15) is 8.42 Å². The van der Waals surface area contributed by atoms with E-state index in [1.54, 1.807) is 6.92 Å². The minimum atomic E-state index is -3.23. The van der Waals surface area contributed by atoms with Crippen molar-refractivity contribution in [3.8, 4) is 0 Å². The van der Waals surface area contributed by atoms with Gasteiger partial charge in [-0.1, -0.05) is 0 Å². The molecule has 0 aromatic heterocycles. The molecule has 1 unspecified atom stereocenters. The predicted molar refractivity (Wildman–Crippen MR) is 70.9 cm³/mol. The maximum absolute atomic E-state index is 11.7. The van der Waals surface area contributed by atoms with E-state index in [0.717, 1.165) is 25.7 Å². The fourth-order valence-corrected chi connectivity index (χ4v) is 3.51. The smallest absolute Gasteiger partial charge is 0.214 e. The van der Waals surface area contributed by atoms with Gasteiger partial charge in [-0.15, -0.1) is 12.4 Å². The molecule has 7 heteroatoms. The van der Waals surface area contributed by atoms with E-state index >= 15 is 0 Å². The zero-order chi connectivity index (χ0) is 12.2. The Labute approximate surface area is 110 Å². The second-order valence-electron chi connectivity index (χ2n) is 4.56. The van der Waals surface area contributed by atoms with Crippen LogP contribution in [0.2, 0.25) is 0 Å². The highest BCUT2D eigenvalue weighted by Crippen LogP contribution is 2.17. The molecule has 1 aliphatic rings. The first-order valence-electron chi connectivity index (χ1n) is 5.71. The Morgan fingerprint density at radius 3 is 2.35 bits per heavy atom. The van der Waals surface area contributed by atoms with Gasteiger partial charge in [-0.3, -0.25) is 0 Å². The molecule has 1 rings (SSSR count). The van der Waals surface area contributed by atoms with Crippen molar-refractivity contribution in [1.82, 2.24) is 4.72 Å². The Balaban J connectivity index is 0.00000256. The third-order valence-corrected chi connectivity index (χ3v) is 4.58. The summed E-state index contributed by atoms with van der Waals surface area (Å²) in [6.07, 6.45) is 3.19. The highest BCUT2D eigenvalue weighted by molar-refractivity contribution is 7.89. The summed E-state index contributed by atoms with van der Waals surface area (Å²) in [5, 5.41) is 0. The van der Waals surface area contributed by atoms with Crippen LogP contribution in [0.15, 0.2) is 0 Å². The Bertz CT molecular complexity index is 303. The van der Waals surface area contributed by atoms with Crippen molar-refractivity contribution in [2.75, 3.05) is 12.9 Å². The maximum Gasteiger partial charge on any atom is 0.214 e. The first kappa shape index (κ1) is 17.1. The normalized spacial score (nSPS) is 27.2. The van der Waals surface area contributed by atoms with E-state index in [1.165, 1.54) is 7.11 Å². The Morgan fingerprint density at radius 2 is 1.88 bits per heavy atom. The summed E-state index contributed by atoms with van der Waals surface area (Å²) in [7, 11) is -1.71. The minimum absolute atomic E-state index is 0. The fraction of sp³-hybridized carbons (Fsp3) is 1.00. The number of ether oxygens (including phenoxy) is 1.